The molecule has 0 aliphatic carbocycles. The van der Waals surface area contributed by atoms with Crippen molar-refractivity contribution in [3.8, 4) is 0 Å². The molecule has 66 valence electrons. The number of nitrogens with two attached hydrogens (primary N) is 1. The van der Waals surface area contributed by atoms with Gasteiger partial charge in [0.05, 0.1) is 19.8 Å². The van der Waals surface area contributed by atoms with Crippen molar-refractivity contribution in [3.63, 3.8) is 0 Å². The van der Waals surface area contributed by atoms with E-state index in [4.69, 9.17) is 10.5 Å². The fourth-order valence-corrected chi connectivity index (χ4v) is 0.595. The standard InChI is InChI=1S/C6H14N2O3/c1-10-4-5(3-7)8-6(9)11-2/h5H,3-4,7H2,1-2H3,(H,8,9)/t5-/m1/s1. The van der Waals surface area contributed by atoms with Crippen molar-refractivity contribution < 1.29 is 14.3 Å². The van der Waals surface area contributed by atoms with Crippen LogP contribution < -0.4 is 11.1 Å². The molecule has 5 nitrogen and oxygen atoms in total. The smallest absolute Gasteiger partial charge is 0.407 e. The van der Waals surface area contributed by atoms with Gasteiger partial charge in [-0.1, -0.05) is 0 Å². The zero-order valence-corrected chi connectivity index (χ0v) is 6.79. The first-order valence-electron chi connectivity index (χ1n) is 3.28. The summed E-state index contributed by atoms with van der Waals surface area (Å²) in [6, 6.07) is -0.174. The van der Waals surface area contributed by atoms with E-state index in [-0.39, 0.29) is 6.04 Å². The Kier molecular flexibility index (Phi) is 5.50. The molecular weight excluding hydrogens is 148 g/mol. The van der Waals surface area contributed by atoms with Crippen molar-refractivity contribution in [2.45, 2.75) is 6.04 Å². The van der Waals surface area contributed by atoms with Gasteiger partial charge in [-0.25, -0.2) is 4.79 Å². The quantitative estimate of drug-likeness (QED) is 0.574. The number of ether oxygens (including phenoxy) is 2. The molecule has 0 radical (unpaired) electrons. The normalized spacial score (nSPS) is 12.3. The number of carbonyl (C=O) groups is 1. The second-order valence-electron chi connectivity index (χ2n) is 2.02. The van der Waals surface area contributed by atoms with Crippen LogP contribution in [0.15, 0.2) is 0 Å². The summed E-state index contributed by atoms with van der Waals surface area (Å²) in [6.07, 6.45) is -0.488. The van der Waals surface area contributed by atoms with Crippen LogP contribution in [0.2, 0.25) is 0 Å². The van der Waals surface area contributed by atoms with Gasteiger partial charge in [-0.2, -0.15) is 0 Å². The molecule has 0 aromatic carbocycles. The average Bonchev–Trinajstić information content (AvgIpc) is 2.03. The molecule has 0 bridgehead atoms. The minimum atomic E-state index is -0.488. The summed E-state index contributed by atoms with van der Waals surface area (Å²) in [4.78, 5) is 10.6. The Balaban J connectivity index is 3.58. The number of amides is 1. The van der Waals surface area contributed by atoms with Crippen LogP contribution in [-0.4, -0.2) is 39.5 Å². The monoisotopic (exact) mass is 162 g/mol. The zero-order valence-electron chi connectivity index (χ0n) is 6.79. The third kappa shape index (κ3) is 4.58. The molecule has 0 unspecified atom stereocenters. The lowest BCUT2D eigenvalue weighted by Gasteiger charge is -2.13. The minimum absolute atomic E-state index is 0.174. The predicted molar refractivity (Wildman–Crippen MR) is 40.3 cm³/mol. The second kappa shape index (κ2) is 5.94. The van der Waals surface area contributed by atoms with Crippen LogP contribution >= 0.6 is 0 Å². The van der Waals surface area contributed by atoms with Gasteiger partial charge in [0.15, 0.2) is 0 Å². The minimum Gasteiger partial charge on any atom is -0.453 e. The average molecular weight is 162 g/mol. The predicted octanol–water partition coefficient (Wildman–Crippen LogP) is -0.684. The van der Waals surface area contributed by atoms with E-state index in [2.05, 4.69) is 10.1 Å². The fraction of sp³-hybridized carbons (Fsp3) is 0.833. The van der Waals surface area contributed by atoms with Crippen LogP contribution in [0.5, 0.6) is 0 Å². The highest BCUT2D eigenvalue weighted by molar-refractivity contribution is 5.67. The van der Waals surface area contributed by atoms with Gasteiger partial charge in [-0.15, -0.1) is 0 Å². The van der Waals surface area contributed by atoms with Crippen molar-refractivity contribution >= 4 is 6.09 Å². The lowest BCUT2D eigenvalue weighted by Crippen LogP contribution is -2.43. The Morgan fingerprint density at radius 1 is 1.64 bits per heavy atom. The third-order valence-corrected chi connectivity index (χ3v) is 1.16. The molecule has 11 heavy (non-hydrogen) atoms. The van der Waals surface area contributed by atoms with Crippen LogP contribution in [0.4, 0.5) is 4.79 Å². The SMILES string of the molecule is COC[C@@H](CN)NC(=O)OC. The number of methoxy groups -OCH3 is 2. The fourth-order valence-electron chi connectivity index (χ4n) is 0.595. The molecule has 1 atom stereocenters. The van der Waals surface area contributed by atoms with Crippen molar-refractivity contribution in [3.05, 3.63) is 0 Å². The number of hydrogen-bond acceptors (Lipinski definition) is 4. The number of hydrogen-bond donors (Lipinski definition) is 2. The van der Waals surface area contributed by atoms with E-state index in [0.29, 0.717) is 13.2 Å². The number of rotatable bonds is 4. The van der Waals surface area contributed by atoms with Crippen molar-refractivity contribution in [2.24, 2.45) is 5.73 Å². The van der Waals surface area contributed by atoms with Gasteiger partial charge in [-0.05, 0) is 0 Å². The highest BCUT2D eigenvalue weighted by Crippen LogP contribution is 1.82. The molecule has 5 heteroatoms. The van der Waals surface area contributed by atoms with Gasteiger partial charge in [0.25, 0.3) is 0 Å². The van der Waals surface area contributed by atoms with E-state index in [1.807, 2.05) is 0 Å². The summed E-state index contributed by atoms with van der Waals surface area (Å²) in [5.41, 5.74) is 5.31. The summed E-state index contributed by atoms with van der Waals surface area (Å²) in [5.74, 6) is 0. The maximum absolute atomic E-state index is 10.6. The first-order valence-corrected chi connectivity index (χ1v) is 3.28. The molecule has 0 aliphatic rings. The zero-order chi connectivity index (χ0) is 8.69. The molecule has 0 saturated carbocycles. The molecule has 0 saturated heterocycles. The van der Waals surface area contributed by atoms with Gasteiger partial charge in [-0.3, -0.25) is 0 Å². The second-order valence-corrected chi connectivity index (χ2v) is 2.02. The summed E-state index contributed by atoms with van der Waals surface area (Å²) >= 11 is 0. The third-order valence-electron chi connectivity index (χ3n) is 1.16. The highest BCUT2D eigenvalue weighted by atomic mass is 16.5. The van der Waals surface area contributed by atoms with E-state index >= 15 is 0 Å². The Hall–Kier alpha value is -0.810. The largest absolute Gasteiger partial charge is 0.453 e. The van der Waals surface area contributed by atoms with Gasteiger partial charge in [0.2, 0.25) is 0 Å². The van der Waals surface area contributed by atoms with Crippen LogP contribution in [0, 0.1) is 0 Å². The maximum atomic E-state index is 10.6. The van der Waals surface area contributed by atoms with E-state index in [1.165, 1.54) is 7.11 Å². The molecule has 0 aliphatic heterocycles. The van der Waals surface area contributed by atoms with Gasteiger partial charge < -0.3 is 20.5 Å². The molecule has 3 N–H and O–H groups in total. The van der Waals surface area contributed by atoms with Crippen LogP contribution in [0.3, 0.4) is 0 Å². The van der Waals surface area contributed by atoms with Gasteiger partial charge in [0, 0.05) is 13.7 Å². The molecule has 0 spiro atoms. The van der Waals surface area contributed by atoms with Crippen molar-refractivity contribution in [2.75, 3.05) is 27.4 Å². The first-order chi connectivity index (χ1) is 5.24. The molecule has 0 aromatic rings. The lowest BCUT2D eigenvalue weighted by atomic mass is 10.3. The number of nitrogens with one attached hydrogen (secondary N) is 1. The summed E-state index contributed by atoms with van der Waals surface area (Å²) in [6.45, 7) is 0.731. The molecule has 0 fully saturated rings. The summed E-state index contributed by atoms with van der Waals surface area (Å²) in [5, 5.41) is 2.51. The molecule has 0 aromatic heterocycles. The van der Waals surface area contributed by atoms with E-state index < -0.39 is 6.09 Å². The summed E-state index contributed by atoms with van der Waals surface area (Å²) in [7, 11) is 2.84. The molecule has 1 amide bonds. The Bertz CT molecular complexity index is 118. The van der Waals surface area contributed by atoms with Gasteiger partial charge >= 0.3 is 6.09 Å². The Labute approximate surface area is 65.8 Å². The van der Waals surface area contributed by atoms with Crippen molar-refractivity contribution in [1.29, 1.82) is 0 Å². The van der Waals surface area contributed by atoms with Crippen LogP contribution in [0.1, 0.15) is 0 Å². The summed E-state index contributed by atoms with van der Waals surface area (Å²) < 4.78 is 9.16. The van der Waals surface area contributed by atoms with Crippen LogP contribution in [-0.2, 0) is 9.47 Å². The number of alkyl carbamates (subject to hydrolysis) is 1. The lowest BCUT2D eigenvalue weighted by molar-refractivity contribution is 0.142. The topological polar surface area (TPSA) is 73.6 Å². The maximum Gasteiger partial charge on any atom is 0.407 e. The Morgan fingerprint density at radius 3 is 2.64 bits per heavy atom. The van der Waals surface area contributed by atoms with Gasteiger partial charge in [0.1, 0.15) is 0 Å². The highest BCUT2D eigenvalue weighted by Gasteiger charge is 2.08. The van der Waals surface area contributed by atoms with Crippen molar-refractivity contribution in [1.82, 2.24) is 5.32 Å². The molecular formula is C6H14N2O3. The first kappa shape index (κ1) is 10.2. The van der Waals surface area contributed by atoms with E-state index in [1.54, 1.807) is 7.11 Å². The molecule has 0 rings (SSSR count). The molecule has 0 heterocycles. The van der Waals surface area contributed by atoms with Crippen LogP contribution in [0.25, 0.3) is 0 Å². The number of carbonyl (C=O) groups excluding carboxylic acids is 1. The van der Waals surface area contributed by atoms with E-state index in [0.717, 1.165) is 0 Å². The Morgan fingerprint density at radius 2 is 2.27 bits per heavy atom. The van der Waals surface area contributed by atoms with E-state index in [9.17, 15) is 4.79 Å².